The molecule has 0 bridgehead atoms. The first-order chi connectivity index (χ1) is 15.7. The Morgan fingerprint density at radius 2 is 1.58 bits per heavy atom. The fourth-order valence-corrected chi connectivity index (χ4v) is 7.60. The predicted octanol–water partition coefficient (Wildman–Crippen LogP) is 8.43. The quantitative estimate of drug-likeness (QED) is 0.275. The van der Waals surface area contributed by atoms with E-state index in [9.17, 15) is 0 Å². The molecule has 2 N–H and O–H groups in total. The number of hydrogen-bond acceptors (Lipinski definition) is 1. The van der Waals surface area contributed by atoms with Crippen LogP contribution in [-0.4, -0.2) is 0 Å². The van der Waals surface area contributed by atoms with Crippen LogP contribution in [0.3, 0.4) is 0 Å². The van der Waals surface area contributed by atoms with Gasteiger partial charge in [-0.05, 0) is 0 Å². The second-order valence-corrected chi connectivity index (χ2v) is 18.4. The zero-order chi connectivity index (χ0) is 23.3. The Morgan fingerprint density at radius 3 is 2.36 bits per heavy atom. The van der Waals surface area contributed by atoms with E-state index in [-0.39, 0.29) is 5.92 Å². The Morgan fingerprint density at radius 1 is 0.848 bits per heavy atom. The number of rotatable bonds is 4. The Kier molecular flexibility index (Phi) is 6.06. The predicted molar refractivity (Wildman–Crippen MR) is 141 cm³/mol. The second-order valence-electron chi connectivity index (χ2n) is 9.12. The minimum absolute atomic E-state index is 0.157. The number of nitrogens with two attached hydrogens (primary N) is 1. The number of fused-ring (bicyclic) bond motifs is 2. The summed E-state index contributed by atoms with van der Waals surface area (Å²) in [5, 5.41) is 2.44. The van der Waals surface area contributed by atoms with Gasteiger partial charge in [-0.25, -0.2) is 0 Å². The molecule has 5 rings (SSSR count). The molecular weight excluding hydrogens is 481 g/mol. The van der Waals surface area contributed by atoms with Gasteiger partial charge in [0.1, 0.15) is 0 Å². The molecule has 0 heterocycles. The van der Waals surface area contributed by atoms with Crippen LogP contribution >= 0.6 is 18.6 Å². The molecule has 4 aromatic rings. The summed E-state index contributed by atoms with van der Waals surface area (Å²) in [6, 6.07) is 24.0. The summed E-state index contributed by atoms with van der Waals surface area (Å²) in [6.07, 6.45) is 4.52. The maximum atomic E-state index is 6.67. The van der Waals surface area contributed by atoms with E-state index in [1.807, 2.05) is 0 Å². The molecule has 33 heavy (non-hydrogen) atoms. The van der Waals surface area contributed by atoms with E-state index >= 15 is 0 Å². The number of aryl methyl sites for hydroxylation is 1. The van der Waals surface area contributed by atoms with E-state index in [0.29, 0.717) is 4.73 Å². The fourth-order valence-electron chi connectivity index (χ4n) is 5.17. The Bertz CT molecular complexity index is 1420. The van der Waals surface area contributed by atoms with Gasteiger partial charge >= 0.3 is 209 Å². The molecule has 1 aliphatic rings. The summed E-state index contributed by atoms with van der Waals surface area (Å²) in [7, 11) is 13.3. The van der Waals surface area contributed by atoms with Crippen LogP contribution in [0.5, 0.6) is 0 Å². The molecule has 0 aliphatic heterocycles. The molecule has 1 nitrogen and oxygen atoms in total. The SMILES string of the molecule is Cc1ccc(-c2c([CH2][Ti]([NH2])([Cl])[Cl])c(C3C=Cc4ccccc43)cc3ccccc23)c(C)c1C. The van der Waals surface area contributed by atoms with Crippen LogP contribution in [0.1, 0.15) is 44.9 Å². The molecule has 0 amide bonds. The van der Waals surface area contributed by atoms with Gasteiger partial charge in [0.05, 0.1) is 0 Å². The zero-order valence-corrected chi connectivity index (χ0v) is 22.2. The molecule has 0 saturated carbocycles. The van der Waals surface area contributed by atoms with Crippen LogP contribution in [0, 0.1) is 20.8 Å². The van der Waals surface area contributed by atoms with E-state index in [0.717, 1.165) is 0 Å². The number of halogens is 2. The Hall–Kier alpha value is -1.87. The van der Waals surface area contributed by atoms with Crippen LogP contribution in [0.15, 0.2) is 72.8 Å². The van der Waals surface area contributed by atoms with Crippen LogP contribution in [0.2, 0.25) is 0 Å². The molecule has 4 aromatic carbocycles. The molecule has 4 heteroatoms. The van der Waals surface area contributed by atoms with Crippen LogP contribution in [0.25, 0.3) is 28.0 Å². The maximum absolute atomic E-state index is 6.67. The van der Waals surface area contributed by atoms with E-state index in [4.69, 9.17) is 22.8 Å². The molecular formula is C29H27Cl2NTi. The molecule has 1 aliphatic carbocycles. The normalized spacial score (nSPS) is 15.3. The van der Waals surface area contributed by atoms with Gasteiger partial charge in [0.25, 0.3) is 0 Å². The Balaban J connectivity index is 1.89. The van der Waals surface area contributed by atoms with Crippen molar-refractivity contribution in [2.75, 3.05) is 0 Å². The number of hydrogen-bond donors (Lipinski definition) is 1. The molecule has 0 saturated heterocycles. The average molecular weight is 508 g/mol. The summed E-state index contributed by atoms with van der Waals surface area (Å²) in [6.45, 7) is 6.58. The third-order valence-corrected chi connectivity index (χ3v) is 9.46. The van der Waals surface area contributed by atoms with E-state index in [2.05, 4.69) is 99.7 Å². The van der Waals surface area contributed by atoms with E-state index in [1.165, 1.54) is 60.8 Å². The van der Waals surface area contributed by atoms with Gasteiger partial charge in [-0.2, -0.15) is 0 Å². The summed E-state index contributed by atoms with van der Waals surface area (Å²) < 4.78 is 6.95. The standard InChI is InChI=1S/C29H25.2ClH.H2N.Ti/c1-18-13-15-24(20(3)19(18)2)29-21(4)28(17-23-10-6-8-12-26(23)29)27-16-14-22-9-5-7-11-25(22)27;;;;/h5-17,27H,4H2,1-3H3;2*1H;1H2;/q;;;-1;+3/p-2. The van der Waals surface area contributed by atoms with Crippen LogP contribution < -0.4 is 4.22 Å². The van der Waals surface area contributed by atoms with Gasteiger partial charge in [0, 0.05) is 0 Å². The van der Waals surface area contributed by atoms with Crippen molar-refractivity contribution in [3.05, 3.63) is 112 Å². The number of allylic oxidation sites excluding steroid dienone is 1. The summed E-state index contributed by atoms with van der Waals surface area (Å²) >= 11 is -3.50. The third-order valence-electron chi connectivity index (χ3n) is 7.07. The van der Waals surface area contributed by atoms with Crippen molar-refractivity contribution in [1.29, 1.82) is 0 Å². The van der Waals surface area contributed by atoms with Gasteiger partial charge in [-0.3, -0.25) is 0 Å². The molecule has 1 atom stereocenters. The number of benzene rings is 4. The van der Waals surface area contributed by atoms with Crippen molar-refractivity contribution in [2.24, 2.45) is 4.22 Å². The summed E-state index contributed by atoms with van der Waals surface area (Å²) in [5.74, 6) is 0.157. The van der Waals surface area contributed by atoms with Crippen molar-refractivity contribution in [3.63, 3.8) is 0 Å². The topological polar surface area (TPSA) is 26.0 Å². The monoisotopic (exact) mass is 507 g/mol. The molecule has 0 radical (unpaired) electrons. The Labute approximate surface area is 207 Å². The van der Waals surface area contributed by atoms with Gasteiger partial charge in [-0.15, -0.1) is 0 Å². The fraction of sp³-hybridized carbons (Fsp3) is 0.172. The average Bonchev–Trinajstić information content (AvgIpc) is 3.21. The van der Waals surface area contributed by atoms with Crippen molar-refractivity contribution in [3.8, 4) is 11.1 Å². The molecule has 0 aromatic heterocycles. The first-order valence-corrected chi connectivity index (χ1v) is 17.6. The van der Waals surface area contributed by atoms with Crippen LogP contribution in [-0.2, 0) is 19.4 Å². The summed E-state index contributed by atoms with van der Waals surface area (Å²) in [4.78, 5) is 0. The van der Waals surface area contributed by atoms with Gasteiger partial charge < -0.3 is 0 Å². The van der Waals surface area contributed by atoms with Crippen molar-refractivity contribution in [2.45, 2.75) is 31.4 Å². The van der Waals surface area contributed by atoms with Crippen molar-refractivity contribution < 1.29 is 14.7 Å². The van der Waals surface area contributed by atoms with Crippen molar-refractivity contribution >= 4 is 35.5 Å². The zero-order valence-electron chi connectivity index (χ0n) is 19.1. The third kappa shape index (κ3) is 4.23. The second kappa shape index (κ2) is 8.73. The summed E-state index contributed by atoms with van der Waals surface area (Å²) in [5.41, 5.74) is 11.4. The molecule has 0 fully saturated rings. The molecule has 1 unspecified atom stereocenters. The van der Waals surface area contributed by atoms with Gasteiger partial charge in [0.15, 0.2) is 0 Å². The first-order valence-electron chi connectivity index (χ1n) is 11.3. The molecule has 0 spiro atoms. The van der Waals surface area contributed by atoms with E-state index in [1.54, 1.807) is 0 Å². The van der Waals surface area contributed by atoms with Crippen molar-refractivity contribution in [1.82, 2.24) is 0 Å². The van der Waals surface area contributed by atoms with Gasteiger partial charge in [0.2, 0.25) is 0 Å². The first kappa shape index (κ1) is 22.9. The van der Waals surface area contributed by atoms with E-state index < -0.39 is 14.7 Å². The van der Waals surface area contributed by atoms with Crippen LogP contribution in [0.4, 0.5) is 0 Å². The minimum atomic E-state index is -3.50. The van der Waals surface area contributed by atoms with Gasteiger partial charge in [-0.1, -0.05) is 0 Å². The molecule has 166 valence electrons.